The first-order chi connectivity index (χ1) is 24.4. The SMILES string of the molecule is [N-]=[N+]=NCc1ccccc1[C@H]1OC(c2ccc(OCCCO)cc2)=N[C@@]1(CCS(=O)(=O)c1ccccc1)C(=O)NCCCCc1ccccc1. The lowest BCUT2D eigenvalue weighted by molar-refractivity contribution is -0.129. The molecule has 5 rings (SSSR count). The summed E-state index contributed by atoms with van der Waals surface area (Å²) >= 11 is 0. The lowest BCUT2D eigenvalue weighted by atomic mass is 9.83. The molecular weight excluding hydrogens is 655 g/mol. The number of sulfone groups is 1. The molecule has 0 saturated heterocycles. The first-order valence-corrected chi connectivity index (χ1v) is 18.3. The second-order valence-electron chi connectivity index (χ2n) is 12.0. The van der Waals surface area contributed by atoms with Crippen molar-refractivity contribution in [3.8, 4) is 5.75 Å². The van der Waals surface area contributed by atoms with E-state index in [4.69, 9.17) is 25.1 Å². The number of carbonyl (C=O) groups is 1. The van der Waals surface area contributed by atoms with Gasteiger partial charge in [0.2, 0.25) is 5.90 Å². The summed E-state index contributed by atoms with van der Waals surface area (Å²) in [6, 6.07) is 32.4. The number of carbonyl (C=O) groups excluding carboxylic acids is 1. The number of ether oxygens (including phenoxy) is 2. The van der Waals surface area contributed by atoms with Gasteiger partial charge in [0.1, 0.15) is 5.75 Å². The standard InChI is InChI=1S/C38H41N5O6S/c39-43-41-28-31-15-7-8-18-34(31)35-38(23-27-50(46,47)33-16-5-2-6-17-33,37(45)40-24-10-9-14-29-12-3-1-4-13-29)42-36(49-35)30-19-21-32(22-20-30)48-26-11-25-44/h1-8,12-13,15-22,35,44H,9-11,14,23-28H2,(H,40,45)/t35-,38-/m1/s1. The minimum absolute atomic E-state index is 0.00123. The summed E-state index contributed by atoms with van der Waals surface area (Å²) in [4.78, 5) is 22.6. The van der Waals surface area contributed by atoms with Crippen LogP contribution >= 0.6 is 0 Å². The molecule has 1 heterocycles. The van der Waals surface area contributed by atoms with E-state index in [1.54, 1.807) is 66.7 Å². The summed E-state index contributed by atoms with van der Waals surface area (Å²) in [6.07, 6.45) is 1.69. The topological polar surface area (TPSA) is 163 Å². The van der Waals surface area contributed by atoms with E-state index in [2.05, 4.69) is 27.5 Å². The van der Waals surface area contributed by atoms with Crippen molar-refractivity contribution in [1.82, 2.24) is 5.32 Å². The van der Waals surface area contributed by atoms with Gasteiger partial charge in [-0.05, 0) is 77.9 Å². The number of azide groups is 1. The van der Waals surface area contributed by atoms with Crippen molar-refractivity contribution >= 4 is 21.6 Å². The number of amides is 1. The van der Waals surface area contributed by atoms with Crippen molar-refractivity contribution in [2.45, 2.75) is 55.2 Å². The van der Waals surface area contributed by atoms with Crippen LogP contribution in [0.1, 0.15) is 54.0 Å². The number of aliphatic hydroxyl groups is 1. The molecule has 0 radical (unpaired) electrons. The third-order valence-corrected chi connectivity index (χ3v) is 10.3. The predicted molar refractivity (Wildman–Crippen MR) is 192 cm³/mol. The maximum Gasteiger partial charge on any atom is 0.252 e. The highest BCUT2D eigenvalue weighted by Crippen LogP contribution is 2.44. The number of unbranched alkanes of at least 4 members (excludes halogenated alkanes) is 1. The van der Waals surface area contributed by atoms with Gasteiger partial charge in [-0.25, -0.2) is 13.4 Å². The monoisotopic (exact) mass is 695 g/mol. The average molecular weight is 696 g/mol. The Morgan fingerprint density at radius 2 is 1.64 bits per heavy atom. The van der Waals surface area contributed by atoms with E-state index in [9.17, 15) is 13.2 Å². The molecule has 0 unspecified atom stereocenters. The zero-order valence-corrected chi connectivity index (χ0v) is 28.5. The Bertz CT molecular complexity index is 1900. The first kappa shape index (κ1) is 36.1. The molecule has 260 valence electrons. The van der Waals surface area contributed by atoms with Crippen LogP contribution in [0.4, 0.5) is 0 Å². The van der Waals surface area contributed by atoms with E-state index >= 15 is 0 Å². The van der Waals surface area contributed by atoms with Gasteiger partial charge in [0.25, 0.3) is 5.91 Å². The maximum atomic E-state index is 14.5. The second-order valence-corrected chi connectivity index (χ2v) is 14.1. The van der Waals surface area contributed by atoms with Gasteiger partial charge in [0, 0.05) is 36.5 Å². The summed E-state index contributed by atoms with van der Waals surface area (Å²) in [7, 11) is -3.81. The van der Waals surface area contributed by atoms with Crippen LogP contribution < -0.4 is 10.1 Å². The van der Waals surface area contributed by atoms with Crippen molar-refractivity contribution < 1.29 is 27.8 Å². The Balaban J connectivity index is 1.51. The van der Waals surface area contributed by atoms with Crippen LogP contribution in [0.5, 0.6) is 5.75 Å². The molecule has 50 heavy (non-hydrogen) atoms. The Morgan fingerprint density at radius 1 is 0.940 bits per heavy atom. The molecule has 0 aliphatic carbocycles. The van der Waals surface area contributed by atoms with E-state index < -0.39 is 27.4 Å². The Kier molecular flexibility index (Phi) is 12.6. The van der Waals surface area contributed by atoms with E-state index in [0.29, 0.717) is 48.4 Å². The fraction of sp³-hybridized carbons (Fsp3) is 0.316. The van der Waals surface area contributed by atoms with Gasteiger partial charge in [-0.15, -0.1) is 0 Å². The van der Waals surface area contributed by atoms with Gasteiger partial charge >= 0.3 is 0 Å². The van der Waals surface area contributed by atoms with Crippen LogP contribution in [-0.2, 0) is 32.3 Å². The summed E-state index contributed by atoms with van der Waals surface area (Å²) in [5.74, 6) is -0.0639. The number of rotatable bonds is 18. The van der Waals surface area contributed by atoms with Crippen LogP contribution in [0.2, 0.25) is 0 Å². The highest BCUT2D eigenvalue weighted by Gasteiger charge is 2.54. The normalized spacial score (nSPS) is 16.9. The van der Waals surface area contributed by atoms with Crippen molar-refractivity contribution in [3.63, 3.8) is 0 Å². The van der Waals surface area contributed by atoms with Crippen molar-refractivity contribution in [1.29, 1.82) is 0 Å². The predicted octanol–water partition coefficient (Wildman–Crippen LogP) is 6.52. The van der Waals surface area contributed by atoms with Gasteiger partial charge < -0.3 is 19.9 Å². The smallest absolute Gasteiger partial charge is 0.252 e. The lowest BCUT2D eigenvalue weighted by Gasteiger charge is -2.31. The molecule has 0 aromatic heterocycles. The second kappa shape index (κ2) is 17.5. The molecule has 1 aliphatic rings. The molecule has 4 aromatic rings. The molecule has 11 nitrogen and oxygen atoms in total. The summed E-state index contributed by atoms with van der Waals surface area (Å²) in [5, 5.41) is 15.9. The molecule has 12 heteroatoms. The van der Waals surface area contributed by atoms with Crippen LogP contribution in [0.25, 0.3) is 10.4 Å². The number of aliphatic hydroxyl groups excluding tert-OH is 1. The fourth-order valence-electron chi connectivity index (χ4n) is 5.88. The number of hydrogen-bond acceptors (Lipinski definition) is 8. The Morgan fingerprint density at radius 3 is 2.36 bits per heavy atom. The van der Waals surface area contributed by atoms with Gasteiger partial charge in [0.15, 0.2) is 21.5 Å². The van der Waals surface area contributed by atoms with Gasteiger partial charge in [-0.3, -0.25) is 4.79 Å². The fourth-order valence-corrected chi connectivity index (χ4v) is 7.27. The van der Waals surface area contributed by atoms with E-state index in [0.717, 1.165) is 12.8 Å². The molecule has 4 aromatic carbocycles. The van der Waals surface area contributed by atoms with Gasteiger partial charge in [-0.2, -0.15) is 0 Å². The van der Waals surface area contributed by atoms with E-state index in [-0.39, 0.29) is 36.1 Å². The zero-order chi connectivity index (χ0) is 35.2. The minimum atomic E-state index is -3.81. The highest BCUT2D eigenvalue weighted by atomic mass is 32.2. The largest absolute Gasteiger partial charge is 0.494 e. The van der Waals surface area contributed by atoms with Crippen molar-refractivity contribution in [2.75, 3.05) is 25.5 Å². The summed E-state index contributed by atoms with van der Waals surface area (Å²) < 4.78 is 39.5. The first-order valence-electron chi connectivity index (χ1n) is 16.7. The Hall–Kier alpha value is -5.16. The Labute approximate surface area is 292 Å². The number of aryl methyl sites for hydroxylation is 1. The van der Waals surface area contributed by atoms with Crippen LogP contribution in [0.15, 0.2) is 124 Å². The number of benzene rings is 4. The van der Waals surface area contributed by atoms with E-state index in [1.165, 1.54) is 17.7 Å². The zero-order valence-electron chi connectivity index (χ0n) is 27.7. The van der Waals surface area contributed by atoms with Crippen molar-refractivity contribution in [3.05, 3.63) is 142 Å². The highest BCUT2D eigenvalue weighted by molar-refractivity contribution is 7.91. The molecule has 1 amide bonds. The third-order valence-electron chi connectivity index (χ3n) is 8.55. The molecule has 2 N–H and O–H groups in total. The van der Waals surface area contributed by atoms with Crippen molar-refractivity contribution in [2.24, 2.45) is 10.1 Å². The van der Waals surface area contributed by atoms with Gasteiger partial charge in [0.05, 0.1) is 23.8 Å². The molecule has 0 spiro atoms. The lowest BCUT2D eigenvalue weighted by Crippen LogP contribution is -2.49. The summed E-state index contributed by atoms with van der Waals surface area (Å²) in [5.41, 5.74) is 10.4. The number of nitrogens with one attached hydrogen (secondary N) is 1. The minimum Gasteiger partial charge on any atom is -0.494 e. The molecule has 2 atom stereocenters. The molecule has 0 bridgehead atoms. The quantitative estimate of drug-likeness (QED) is 0.0521. The number of hydrogen-bond donors (Lipinski definition) is 2. The van der Waals surface area contributed by atoms with Crippen LogP contribution in [0, 0.1) is 0 Å². The number of aliphatic imine (C=N–C) groups is 1. The molecular formula is C38H41N5O6S. The average Bonchev–Trinajstić information content (AvgIpc) is 3.55. The van der Waals surface area contributed by atoms with Crippen LogP contribution in [-0.4, -0.2) is 56.4 Å². The van der Waals surface area contributed by atoms with E-state index in [1.807, 2.05) is 18.2 Å². The molecule has 0 saturated carbocycles. The van der Waals surface area contributed by atoms with Gasteiger partial charge in [-0.1, -0.05) is 77.9 Å². The third kappa shape index (κ3) is 9.09. The summed E-state index contributed by atoms with van der Waals surface area (Å²) in [6.45, 7) is 0.724. The van der Waals surface area contributed by atoms with Crippen LogP contribution in [0.3, 0.4) is 0 Å². The maximum absolute atomic E-state index is 14.5. The molecule has 0 fully saturated rings. The number of nitrogens with zero attached hydrogens (tertiary/aromatic N) is 4. The molecule has 1 aliphatic heterocycles.